The Balaban J connectivity index is 3.36. The van der Waals surface area contributed by atoms with Crippen LogP contribution in [0.3, 0.4) is 0 Å². The molecule has 0 aliphatic carbocycles. The van der Waals surface area contributed by atoms with Crippen LogP contribution in [-0.2, 0) is 19.1 Å². The molecule has 2 unspecified atom stereocenters. The fourth-order valence-corrected chi connectivity index (χ4v) is 1.95. The van der Waals surface area contributed by atoms with Crippen molar-refractivity contribution in [3.8, 4) is 0 Å². The third kappa shape index (κ3) is 17.0. The maximum Gasteiger partial charge on any atom is 0.330 e. The van der Waals surface area contributed by atoms with Crippen LogP contribution in [0.5, 0.6) is 0 Å². The number of esters is 2. The van der Waals surface area contributed by atoms with Gasteiger partial charge in [-0.2, -0.15) is 0 Å². The van der Waals surface area contributed by atoms with E-state index >= 15 is 0 Å². The second kappa shape index (κ2) is 15.1. The van der Waals surface area contributed by atoms with Crippen LogP contribution in [0, 0.1) is 0 Å². The largest absolute Gasteiger partial charge is 0.463 e. The van der Waals surface area contributed by atoms with Gasteiger partial charge in [-0.05, 0) is 33.1 Å². The standard InChI is InChI=1S/C18H32O6/c1-15(19)13-23-17(21)11-9-7-5-3-4-6-8-10-12-18(22)24-14-16(2)20/h9,11,15-16,19-20H,3-8,10,12-14H2,1-2H3/b11-9+. The molecule has 0 aliphatic heterocycles. The zero-order valence-electron chi connectivity index (χ0n) is 14.9. The second-order valence-corrected chi connectivity index (χ2v) is 6.07. The Labute approximate surface area is 144 Å². The number of ether oxygens (including phenoxy) is 2. The van der Waals surface area contributed by atoms with Crippen molar-refractivity contribution < 1.29 is 29.3 Å². The van der Waals surface area contributed by atoms with Gasteiger partial charge in [0.2, 0.25) is 0 Å². The minimum absolute atomic E-state index is 0.0236. The van der Waals surface area contributed by atoms with Crippen LogP contribution in [0.15, 0.2) is 12.2 Å². The molecule has 0 aromatic carbocycles. The summed E-state index contributed by atoms with van der Waals surface area (Å²) in [4.78, 5) is 22.5. The molecule has 6 nitrogen and oxygen atoms in total. The van der Waals surface area contributed by atoms with Gasteiger partial charge in [0.25, 0.3) is 0 Å². The van der Waals surface area contributed by atoms with Crippen molar-refractivity contribution in [3.05, 3.63) is 12.2 Å². The third-order valence-corrected chi connectivity index (χ3v) is 3.21. The molecule has 0 rings (SSSR count). The van der Waals surface area contributed by atoms with E-state index in [0.29, 0.717) is 6.42 Å². The maximum absolute atomic E-state index is 11.3. The van der Waals surface area contributed by atoms with Crippen LogP contribution in [0.1, 0.15) is 65.2 Å². The van der Waals surface area contributed by atoms with Crippen molar-refractivity contribution in [1.82, 2.24) is 0 Å². The minimum Gasteiger partial charge on any atom is -0.463 e. The lowest BCUT2D eigenvalue weighted by Crippen LogP contribution is -2.14. The highest BCUT2D eigenvalue weighted by atomic mass is 16.5. The summed E-state index contributed by atoms with van der Waals surface area (Å²) < 4.78 is 9.67. The number of unbranched alkanes of at least 4 members (excludes halogenated alkanes) is 6. The lowest BCUT2D eigenvalue weighted by Gasteiger charge is -2.06. The SMILES string of the molecule is CC(O)COC(=O)/C=C/CCCCCCCCC(=O)OCC(C)O. The Kier molecular flexibility index (Phi) is 14.3. The smallest absolute Gasteiger partial charge is 0.330 e. The highest BCUT2D eigenvalue weighted by Gasteiger charge is 2.04. The number of allylic oxidation sites excluding steroid dienone is 1. The minimum atomic E-state index is -0.637. The van der Waals surface area contributed by atoms with Gasteiger partial charge in [-0.1, -0.05) is 31.8 Å². The molecule has 0 heterocycles. The molecule has 0 aromatic rings. The molecule has 0 radical (unpaired) electrons. The van der Waals surface area contributed by atoms with Gasteiger partial charge in [0.15, 0.2) is 0 Å². The van der Waals surface area contributed by atoms with Gasteiger partial charge in [-0.25, -0.2) is 4.79 Å². The molecule has 24 heavy (non-hydrogen) atoms. The van der Waals surface area contributed by atoms with E-state index in [-0.39, 0.29) is 19.2 Å². The average molecular weight is 344 g/mol. The predicted octanol–water partition coefficient (Wildman–Crippen LogP) is 2.51. The first kappa shape index (κ1) is 22.6. The van der Waals surface area contributed by atoms with E-state index in [1.165, 1.54) is 6.08 Å². The Morgan fingerprint density at radius 1 is 0.875 bits per heavy atom. The molecule has 6 heteroatoms. The molecule has 0 saturated heterocycles. The van der Waals surface area contributed by atoms with Crippen LogP contribution in [0.2, 0.25) is 0 Å². The fraction of sp³-hybridized carbons (Fsp3) is 0.778. The first-order valence-corrected chi connectivity index (χ1v) is 8.77. The molecular weight excluding hydrogens is 312 g/mol. The molecule has 0 bridgehead atoms. The molecular formula is C18H32O6. The molecule has 2 atom stereocenters. The number of rotatable bonds is 14. The van der Waals surface area contributed by atoms with Crippen LogP contribution in [0.4, 0.5) is 0 Å². The number of aliphatic hydroxyl groups excluding tert-OH is 2. The summed E-state index contributed by atoms with van der Waals surface area (Å²) in [7, 11) is 0. The van der Waals surface area contributed by atoms with Crippen molar-refractivity contribution in [2.75, 3.05) is 13.2 Å². The fourth-order valence-electron chi connectivity index (χ4n) is 1.95. The number of carbonyl (C=O) groups excluding carboxylic acids is 2. The summed E-state index contributed by atoms with van der Waals surface area (Å²) in [5, 5.41) is 18.0. The third-order valence-electron chi connectivity index (χ3n) is 3.21. The van der Waals surface area contributed by atoms with E-state index in [9.17, 15) is 9.59 Å². The van der Waals surface area contributed by atoms with Gasteiger partial charge in [-0.3, -0.25) is 4.79 Å². The van der Waals surface area contributed by atoms with Crippen molar-refractivity contribution in [2.24, 2.45) is 0 Å². The van der Waals surface area contributed by atoms with E-state index in [1.807, 2.05) is 0 Å². The monoisotopic (exact) mass is 344 g/mol. The number of hydrogen-bond donors (Lipinski definition) is 2. The molecule has 0 aromatic heterocycles. The van der Waals surface area contributed by atoms with Crippen LogP contribution >= 0.6 is 0 Å². The molecule has 0 saturated carbocycles. The maximum atomic E-state index is 11.3. The van der Waals surface area contributed by atoms with E-state index < -0.39 is 18.2 Å². The summed E-state index contributed by atoms with van der Waals surface area (Å²) in [5.41, 5.74) is 0. The van der Waals surface area contributed by atoms with Gasteiger partial charge in [0.05, 0.1) is 12.2 Å². The zero-order chi connectivity index (χ0) is 18.2. The number of carbonyl (C=O) groups is 2. The van der Waals surface area contributed by atoms with Crippen LogP contribution < -0.4 is 0 Å². The molecule has 140 valence electrons. The summed E-state index contributed by atoms with van der Waals surface area (Å²) >= 11 is 0. The Hall–Kier alpha value is -1.40. The van der Waals surface area contributed by atoms with Crippen molar-refractivity contribution in [1.29, 1.82) is 0 Å². The first-order chi connectivity index (χ1) is 11.4. The van der Waals surface area contributed by atoms with Crippen LogP contribution in [0.25, 0.3) is 0 Å². The van der Waals surface area contributed by atoms with Gasteiger partial charge < -0.3 is 19.7 Å². The molecule has 0 amide bonds. The average Bonchev–Trinajstić information content (AvgIpc) is 2.52. The van der Waals surface area contributed by atoms with Gasteiger partial charge >= 0.3 is 11.9 Å². The van der Waals surface area contributed by atoms with Gasteiger partial charge in [0, 0.05) is 12.5 Å². The topological polar surface area (TPSA) is 93.1 Å². The van der Waals surface area contributed by atoms with E-state index in [2.05, 4.69) is 0 Å². The number of hydrogen-bond acceptors (Lipinski definition) is 6. The quantitative estimate of drug-likeness (QED) is 0.286. The molecule has 0 fully saturated rings. The van der Waals surface area contributed by atoms with E-state index in [0.717, 1.165) is 44.9 Å². The zero-order valence-corrected chi connectivity index (χ0v) is 14.9. The van der Waals surface area contributed by atoms with Gasteiger partial charge in [-0.15, -0.1) is 0 Å². The molecule has 0 aliphatic rings. The second-order valence-electron chi connectivity index (χ2n) is 6.07. The Morgan fingerprint density at radius 2 is 1.42 bits per heavy atom. The normalized spacial score (nSPS) is 13.7. The Bertz CT molecular complexity index is 363. The molecule has 2 N–H and O–H groups in total. The summed E-state index contributed by atoms with van der Waals surface area (Å²) in [6.07, 6.45) is 9.26. The van der Waals surface area contributed by atoms with E-state index in [1.54, 1.807) is 19.9 Å². The van der Waals surface area contributed by atoms with Crippen molar-refractivity contribution in [2.45, 2.75) is 77.4 Å². The Morgan fingerprint density at radius 3 is 2.04 bits per heavy atom. The van der Waals surface area contributed by atoms with Gasteiger partial charge in [0.1, 0.15) is 13.2 Å². The first-order valence-electron chi connectivity index (χ1n) is 8.77. The summed E-state index contributed by atoms with van der Waals surface area (Å²) in [5.74, 6) is -0.665. The lowest BCUT2D eigenvalue weighted by molar-refractivity contribution is -0.146. The summed E-state index contributed by atoms with van der Waals surface area (Å²) in [6, 6.07) is 0. The summed E-state index contributed by atoms with van der Waals surface area (Å²) in [6.45, 7) is 3.24. The molecule has 0 spiro atoms. The van der Waals surface area contributed by atoms with Crippen molar-refractivity contribution >= 4 is 11.9 Å². The lowest BCUT2D eigenvalue weighted by atomic mass is 10.1. The highest BCUT2D eigenvalue weighted by Crippen LogP contribution is 2.09. The number of aliphatic hydroxyl groups is 2. The highest BCUT2D eigenvalue weighted by molar-refractivity contribution is 5.81. The predicted molar refractivity (Wildman–Crippen MR) is 91.4 cm³/mol. The van der Waals surface area contributed by atoms with Crippen LogP contribution in [-0.4, -0.2) is 47.6 Å². The van der Waals surface area contributed by atoms with Crippen molar-refractivity contribution in [3.63, 3.8) is 0 Å². The van der Waals surface area contributed by atoms with E-state index in [4.69, 9.17) is 19.7 Å².